The minimum absolute atomic E-state index is 0.0202. The van der Waals surface area contributed by atoms with Gasteiger partial charge in [0.1, 0.15) is 0 Å². The first kappa shape index (κ1) is 54.7. The lowest BCUT2D eigenvalue weighted by Gasteiger charge is -2.46. The van der Waals surface area contributed by atoms with E-state index in [-0.39, 0.29) is 129 Å². The number of para-hydroxylation sites is 2. The molecule has 122 heavy (non-hydrogen) atoms. The number of hydrogen-bond donors (Lipinski definition) is 0. The minimum Gasteiger partial charge on any atom is -0.310 e. The van der Waals surface area contributed by atoms with Crippen LogP contribution in [0.3, 0.4) is 0 Å². The van der Waals surface area contributed by atoms with Crippen molar-refractivity contribution in [2.24, 2.45) is 0 Å². The molecule has 0 atom stereocenters. The van der Waals surface area contributed by atoms with Crippen molar-refractivity contribution in [2.75, 3.05) is 9.80 Å². The number of nitrogens with zero attached hydrogens (tertiary/aromatic N) is 3. The third kappa shape index (κ3) is 15.5. The van der Waals surface area contributed by atoms with Gasteiger partial charge in [-0.15, -0.1) is 0 Å². The summed E-state index contributed by atoms with van der Waals surface area (Å²) in [6.45, 7) is 53.2. The highest BCUT2D eigenvalue weighted by molar-refractivity contribution is 7.00. The average Bonchev–Trinajstić information content (AvgIpc) is 1.37. The summed E-state index contributed by atoms with van der Waals surface area (Å²) in [7, 11) is 0. The summed E-state index contributed by atoms with van der Waals surface area (Å²) >= 11 is 0. The Balaban J connectivity index is 1.37. The Labute approximate surface area is 776 Å². The lowest BCUT2D eigenvalue weighted by atomic mass is 9.33. The van der Waals surface area contributed by atoms with Crippen LogP contribution < -0.4 is 26.2 Å². The molecule has 0 fully saturated rings. The van der Waals surface area contributed by atoms with E-state index >= 15 is 0 Å². The van der Waals surface area contributed by atoms with Gasteiger partial charge in [0.25, 0.3) is 6.71 Å². The zero-order valence-corrected chi connectivity index (χ0v) is 76.8. The first-order valence-corrected chi connectivity index (χ1v) is 42.5. The summed E-state index contributed by atoms with van der Waals surface area (Å²) in [5.41, 5.74) is -14.5. The van der Waals surface area contributed by atoms with Crippen LogP contribution in [0.5, 0.6) is 0 Å². The predicted octanol–water partition coefficient (Wildman–Crippen LogP) is 31.8. The molecule has 0 saturated heterocycles. The van der Waals surface area contributed by atoms with Gasteiger partial charge in [-0.25, -0.2) is 0 Å². The molecule has 0 spiro atoms. The van der Waals surface area contributed by atoms with Crippen molar-refractivity contribution in [2.45, 2.75) is 262 Å². The summed E-state index contributed by atoms with van der Waals surface area (Å²) < 4.78 is 328. The van der Waals surface area contributed by atoms with Gasteiger partial charge >= 0.3 is 0 Å². The van der Waals surface area contributed by atoms with E-state index in [9.17, 15) is 41.1 Å². The minimum atomic E-state index is -1.46. The molecule has 0 amide bonds. The molecule has 2 aliphatic heterocycles. The normalized spacial score (nSPS) is 17.3. The number of hydrogen-bond acceptors (Lipinski definition) is 2. The Morgan fingerprint density at radius 2 is 0.598 bits per heavy atom. The maximum Gasteiger partial charge on any atom is 0.252 e. The molecule has 0 unspecified atom stereocenters. The second-order valence-electron chi connectivity index (χ2n) is 43.6. The summed E-state index contributed by atoms with van der Waals surface area (Å²) in [5, 5.41) is -0.873. The molecule has 13 aromatic carbocycles. The molecule has 14 aromatic rings. The highest BCUT2D eigenvalue weighted by Gasteiger charge is 2.47. The van der Waals surface area contributed by atoms with E-state index in [2.05, 4.69) is 59.7 Å². The molecule has 0 radical (unpaired) electrons. The van der Waals surface area contributed by atoms with Crippen molar-refractivity contribution in [3.63, 3.8) is 0 Å². The van der Waals surface area contributed by atoms with Crippen LogP contribution in [0.15, 0.2) is 254 Å². The molecule has 1 aromatic heterocycles. The van der Waals surface area contributed by atoms with Crippen LogP contribution >= 0.6 is 0 Å². The average molecular weight is 1630 g/mol. The first-order chi connectivity index (χ1) is 69.8. The SMILES string of the molecule is [2H]c1c([2H])c([2H])c(-c2ccc3c(c2)N(c2c(-c4c([2H])c([2H])c(C(C)(C)C)c([2H])c4[2H])c([2H])c(C(C)(C)C)c([2H])c2-c2c(C(C)(C)C)c([2H])c([2H])c([2H])c2C(C)(C)C)c2cc(-n4c5c([2H])c([2H])c([2H])c([2H])c5c5c([2H])c([2H])c([2H])c([2H])c54)cc4c2B3c2ccc(-c3cc(C(C)(C)C)cc(C(C)(C)C)c3)cc2N4c2c(-c3c([2H])c([2H])c(C(C)(C)C)c([2H])c3[2H])c([2H])c(C(C)(C)C)c([2H])c2-c2c([2H])c(C(C)(C)C)c([2H])c(C(C)(C)C)c2[2H])c([2H])c1[2H]. The lowest BCUT2D eigenvalue weighted by Crippen LogP contribution is -2.61. The Morgan fingerprint density at radius 3 is 0.992 bits per heavy atom. The first-order valence-electron chi connectivity index (χ1n) is 58.0. The maximum atomic E-state index is 11.9. The van der Waals surface area contributed by atoms with Gasteiger partial charge < -0.3 is 14.4 Å². The molecule has 0 saturated carbocycles. The second-order valence-corrected chi connectivity index (χ2v) is 43.6. The van der Waals surface area contributed by atoms with Crippen LogP contribution in [-0.2, 0) is 54.1 Å². The third-order valence-electron chi connectivity index (χ3n) is 23.4. The quantitative estimate of drug-likeness (QED) is 0.133. The monoisotopic (exact) mass is 1630 g/mol. The van der Waals surface area contributed by atoms with E-state index in [1.165, 1.54) is 16.7 Å². The number of benzene rings is 13. The van der Waals surface area contributed by atoms with Gasteiger partial charge in [0, 0.05) is 55.8 Å². The molecule has 0 N–H and O–H groups in total. The van der Waals surface area contributed by atoms with Gasteiger partial charge in [0.05, 0.1) is 70.6 Å². The molecular formula is C118H132BN3. The number of anilines is 6. The van der Waals surface area contributed by atoms with E-state index in [1.54, 1.807) is 194 Å². The zero-order chi connectivity index (χ0) is 115. The highest BCUT2D eigenvalue weighted by atomic mass is 15.2. The Hall–Kier alpha value is -10.7. The number of fused-ring (bicyclic) bond motifs is 7. The van der Waals surface area contributed by atoms with Crippen LogP contribution in [0.2, 0.25) is 0 Å². The standard InChI is InChI=1S/C118H132BN3/c1-109(2,3)80-53-47-74(48-54-80)91-67-86(115(19,20)21)69-93(79-61-84(113(13,14)15)66-85(62-79)114(16,17)18)107(91)121-102-64-77(78-59-82(111(7,8)9)65-83(60-78)112(10,11)12)52-58-98(102)119-97-57-51-76(73-39-32-31-33-40-73)63-101(97)122(104-72-88(71-103(121)106(104)119)120-99-45-36-34-41-89(99)90-42-35-37-46-100(90)120)108-92(75-49-55-81(56-50-75)110(4,5)6)68-87(116(22,23)24)70-94(108)105-95(117(25,26)27)43-38-44-96(105)118(28,29)30/h31-72H,1-30H3/i31D,32D,33D,34D,35D,36D,37D,38D,39D,40D,41D,42D,43D,44D,45D,46D,47D,48D,49D,50D,53D,54D,55D,56D,61D,62D,66D,67D,68D,69D,70D. The van der Waals surface area contributed by atoms with Crippen LogP contribution in [0.25, 0.3) is 94.3 Å². The molecule has 0 bridgehead atoms. The fourth-order valence-electron chi connectivity index (χ4n) is 16.4. The number of rotatable bonds is 9. The van der Waals surface area contributed by atoms with Gasteiger partial charge in [-0.1, -0.05) is 401 Å². The van der Waals surface area contributed by atoms with Crippen molar-refractivity contribution in [1.82, 2.24) is 4.57 Å². The molecule has 16 rings (SSSR count). The van der Waals surface area contributed by atoms with E-state index in [0.29, 0.717) is 11.1 Å². The van der Waals surface area contributed by atoms with Crippen molar-refractivity contribution in [1.29, 1.82) is 0 Å². The fraction of sp³-hybridized carbons (Fsp3) is 0.339. The Kier molecular flexibility index (Phi) is 13.2. The fourth-order valence-corrected chi connectivity index (χ4v) is 16.4. The summed E-state index contributed by atoms with van der Waals surface area (Å²) in [4.78, 5) is 3.18. The predicted molar refractivity (Wildman–Crippen MR) is 534 cm³/mol. The van der Waals surface area contributed by atoms with Crippen LogP contribution in [0.4, 0.5) is 34.1 Å². The van der Waals surface area contributed by atoms with Crippen molar-refractivity contribution in [3.8, 4) is 72.4 Å². The highest BCUT2D eigenvalue weighted by Crippen LogP contribution is 2.58. The molecule has 622 valence electrons. The maximum absolute atomic E-state index is 11.9. The smallest absolute Gasteiger partial charge is 0.252 e. The third-order valence-corrected chi connectivity index (χ3v) is 23.4. The van der Waals surface area contributed by atoms with Gasteiger partial charge in [0.2, 0.25) is 0 Å². The largest absolute Gasteiger partial charge is 0.310 e. The Bertz CT molecular complexity index is 8160. The number of aromatic nitrogens is 1. The second kappa shape index (κ2) is 29.5. The molecule has 4 heteroatoms. The molecule has 3 heterocycles. The van der Waals surface area contributed by atoms with Gasteiger partial charge in [-0.05, 0) is 231 Å². The molecule has 0 aliphatic carbocycles. The topological polar surface area (TPSA) is 11.4 Å². The lowest BCUT2D eigenvalue weighted by molar-refractivity contribution is 0.568. The molecule has 2 aliphatic rings. The van der Waals surface area contributed by atoms with Crippen LogP contribution in [0, 0.1) is 0 Å². The van der Waals surface area contributed by atoms with Crippen LogP contribution in [-0.4, -0.2) is 11.3 Å². The molecular weight excluding hydrogens is 1470 g/mol. The van der Waals surface area contributed by atoms with Gasteiger partial charge in [0.15, 0.2) is 0 Å². The van der Waals surface area contributed by atoms with E-state index in [4.69, 9.17) is 1.37 Å². The zero-order valence-electron chi connectivity index (χ0n) is 108. The van der Waals surface area contributed by atoms with Crippen LogP contribution in [0.1, 0.15) is 306 Å². The summed E-state index contributed by atoms with van der Waals surface area (Å²) in [6.07, 6.45) is 0. The van der Waals surface area contributed by atoms with E-state index in [0.717, 1.165) is 11.1 Å². The van der Waals surface area contributed by atoms with Crippen molar-refractivity contribution < 1.29 is 42.5 Å². The van der Waals surface area contributed by atoms with E-state index in [1.807, 2.05) is 18.2 Å². The van der Waals surface area contributed by atoms with Crippen molar-refractivity contribution in [3.05, 3.63) is 310 Å². The van der Waals surface area contributed by atoms with Gasteiger partial charge in [-0.3, -0.25) is 0 Å². The summed E-state index contributed by atoms with van der Waals surface area (Å²) in [6, 6.07) is -0.646. The van der Waals surface area contributed by atoms with Gasteiger partial charge in [-0.2, -0.15) is 0 Å². The van der Waals surface area contributed by atoms with E-state index < -0.39 is 298 Å². The summed E-state index contributed by atoms with van der Waals surface area (Å²) in [5.74, 6) is 0. The Morgan fingerprint density at radius 1 is 0.246 bits per heavy atom. The molecule has 3 nitrogen and oxygen atoms in total. The van der Waals surface area contributed by atoms with Crippen molar-refractivity contribution >= 4 is 79.0 Å².